The van der Waals surface area contributed by atoms with E-state index in [0.29, 0.717) is 22.6 Å². The Morgan fingerprint density at radius 2 is 2.00 bits per heavy atom. The lowest BCUT2D eigenvalue weighted by molar-refractivity contribution is 0.561. The molecule has 4 heterocycles. The zero-order valence-electron chi connectivity index (χ0n) is 14.4. The van der Waals surface area contributed by atoms with E-state index in [9.17, 15) is 9.18 Å². The summed E-state index contributed by atoms with van der Waals surface area (Å²) in [5, 5.41) is 4.12. The van der Waals surface area contributed by atoms with E-state index in [1.54, 1.807) is 12.3 Å². The Balaban J connectivity index is 1.58. The summed E-state index contributed by atoms with van der Waals surface area (Å²) in [6.07, 6.45) is 3.92. The molecule has 27 heavy (non-hydrogen) atoms. The van der Waals surface area contributed by atoms with Crippen LogP contribution in [0, 0.1) is 5.82 Å². The van der Waals surface area contributed by atoms with Gasteiger partial charge >= 0.3 is 5.63 Å². The van der Waals surface area contributed by atoms with Crippen LogP contribution < -0.4 is 15.8 Å². The molecule has 1 aliphatic rings. The van der Waals surface area contributed by atoms with Crippen LogP contribution in [0.3, 0.4) is 0 Å². The fourth-order valence-electron chi connectivity index (χ4n) is 3.39. The highest BCUT2D eigenvalue weighted by Gasteiger charge is 2.15. The van der Waals surface area contributed by atoms with Crippen molar-refractivity contribution in [3.8, 4) is 11.3 Å². The van der Waals surface area contributed by atoms with Gasteiger partial charge in [0.15, 0.2) is 5.82 Å². The molecule has 0 bridgehead atoms. The number of hydrogen-bond acceptors (Lipinski definition) is 6. The van der Waals surface area contributed by atoms with E-state index in [0.717, 1.165) is 43.4 Å². The summed E-state index contributed by atoms with van der Waals surface area (Å²) in [7, 11) is 0. The van der Waals surface area contributed by atoms with Gasteiger partial charge in [0.2, 0.25) is 5.78 Å². The topological polar surface area (TPSA) is 75.7 Å². The van der Waals surface area contributed by atoms with Crippen LogP contribution >= 0.6 is 0 Å². The first-order valence-electron chi connectivity index (χ1n) is 8.71. The minimum Gasteiger partial charge on any atom is -0.422 e. The summed E-state index contributed by atoms with van der Waals surface area (Å²) in [6, 6.07) is 7.61. The van der Waals surface area contributed by atoms with E-state index in [1.807, 2.05) is 18.2 Å². The molecular formula is C19H16FN5O2. The second kappa shape index (κ2) is 6.17. The number of piperazine rings is 1. The van der Waals surface area contributed by atoms with E-state index in [2.05, 4.69) is 20.2 Å². The molecular weight excluding hydrogens is 349 g/mol. The van der Waals surface area contributed by atoms with Crippen LogP contribution in [0.4, 0.5) is 10.1 Å². The van der Waals surface area contributed by atoms with Gasteiger partial charge in [0.1, 0.15) is 5.58 Å². The first kappa shape index (κ1) is 16.0. The molecule has 0 spiro atoms. The van der Waals surface area contributed by atoms with Crippen LogP contribution in [-0.2, 0) is 0 Å². The van der Waals surface area contributed by atoms with E-state index in [-0.39, 0.29) is 0 Å². The van der Waals surface area contributed by atoms with Crippen molar-refractivity contribution in [3.63, 3.8) is 0 Å². The fraction of sp³-hybridized carbons (Fsp3) is 0.211. The van der Waals surface area contributed by atoms with Crippen LogP contribution in [0.5, 0.6) is 0 Å². The minimum atomic E-state index is -0.483. The highest BCUT2D eigenvalue weighted by molar-refractivity contribution is 5.84. The lowest BCUT2D eigenvalue weighted by Gasteiger charge is -2.29. The predicted molar refractivity (Wildman–Crippen MR) is 99.5 cm³/mol. The van der Waals surface area contributed by atoms with Gasteiger partial charge in [-0.25, -0.2) is 19.2 Å². The SMILES string of the molecule is O=c1oc2cc(N3CCNCC3)ccc2cc1-c1cn2cc(F)cnc2n1. The molecule has 8 heteroatoms. The number of fused-ring (bicyclic) bond motifs is 2. The largest absolute Gasteiger partial charge is 0.422 e. The van der Waals surface area contributed by atoms with Gasteiger partial charge in [0.05, 0.1) is 17.5 Å². The van der Waals surface area contributed by atoms with Gasteiger partial charge in [-0.1, -0.05) is 0 Å². The third-order valence-electron chi connectivity index (χ3n) is 4.76. The van der Waals surface area contributed by atoms with E-state index < -0.39 is 11.4 Å². The van der Waals surface area contributed by atoms with Gasteiger partial charge in [0, 0.05) is 55.7 Å². The molecule has 7 nitrogen and oxygen atoms in total. The molecule has 0 atom stereocenters. The monoisotopic (exact) mass is 365 g/mol. The minimum absolute atomic E-state index is 0.319. The molecule has 1 N–H and O–H groups in total. The van der Waals surface area contributed by atoms with Crippen molar-refractivity contribution in [2.75, 3.05) is 31.1 Å². The smallest absolute Gasteiger partial charge is 0.345 e. The number of anilines is 1. The molecule has 5 rings (SSSR count). The van der Waals surface area contributed by atoms with E-state index >= 15 is 0 Å². The first-order chi connectivity index (χ1) is 13.2. The van der Waals surface area contributed by atoms with Crippen molar-refractivity contribution in [1.82, 2.24) is 19.7 Å². The van der Waals surface area contributed by atoms with Crippen LogP contribution in [0.15, 0.2) is 52.1 Å². The standard InChI is InChI=1S/C19H16FN5O2/c20-13-9-22-19-23-16(11-25(19)10-13)15-7-12-1-2-14(8-17(12)27-18(15)26)24-5-3-21-4-6-24/h1-2,7-11,21H,3-6H2. The Bertz CT molecular complexity index is 1210. The van der Waals surface area contributed by atoms with Gasteiger partial charge < -0.3 is 14.6 Å². The molecule has 0 radical (unpaired) electrons. The fourth-order valence-corrected chi connectivity index (χ4v) is 3.39. The molecule has 1 aromatic carbocycles. The maximum absolute atomic E-state index is 13.3. The molecule has 0 aliphatic carbocycles. The second-order valence-corrected chi connectivity index (χ2v) is 6.51. The second-order valence-electron chi connectivity index (χ2n) is 6.51. The number of aromatic nitrogens is 3. The van der Waals surface area contributed by atoms with Crippen molar-refractivity contribution in [1.29, 1.82) is 0 Å². The summed E-state index contributed by atoms with van der Waals surface area (Å²) in [4.78, 5) is 23.0. The van der Waals surface area contributed by atoms with Gasteiger partial charge in [-0.05, 0) is 18.2 Å². The number of nitrogens with one attached hydrogen (secondary N) is 1. The third-order valence-corrected chi connectivity index (χ3v) is 4.76. The first-order valence-corrected chi connectivity index (χ1v) is 8.71. The normalized spacial score (nSPS) is 14.9. The zero-order chi connectivity index (χ0) is 18.4. The van der Waals surface area contributed by atoms with Crippen LogP contribution in [0.1, 0.15) is 0 Å². The number of nitrogens with zero attached hydrogens (tertiary/aromatic N) is 4. The van der Waals surface area contributed by atoms with Crippen LogP contribution in [0.2, 0.25) is 0 Å². The molecule has 0 saturated carbocycles. The molecule has 1 fully saturated rings. The summed E-state index contributed by atoms with van der Waals surface area (Å²) >= 11 is 0. The van der Waals surface area contributed by atoms with Crippen molar-refractivity contribution in [2.45, 2.75) is 0 Å². The van der Waals surface area contributed by atoms with Gasteiger partial charge in [-0.15, -0.1) is 0 Å². The predicted octanol–water partition coefficient (Wildman–Crippen LogP) is 2.05. The molecule has 4 aromatic rings. The Kier molecular flexibility index (Phi) is 3.64. The van der Waals surface area contributed by atoms with Gasteiger partial charge in [-0.3, -0.25) is 4.40 Å². The van der Waals surface area contributed by atoms with Gasteiger partial charge in [0.25, 0.3) is 0 Å². The molecule has 1 aliphatic heterocycles. The Hall–Kier alpha value is -3.26. The average Bonchev–Trinajstić information content (AvgIpc) is 3.10. The van der Waals surface area contributed by atoms with Crippen molar-refractivity contribution in [3.05, 3.63) is 59.1 Å². The van der Waals surface area contributed by atoms with E-state index in [4.69, 9.17) is 4.42 Å². The highest BCUT2D eigenvalue weighted by Crippen LogP contribution is 2.25. The Morgan fingerprint density at radius 1 is 1.15 bits per heavy atom. The van der Waals surface area contributed by atoms with E-state index in [1.165, 1.54) is 10.6 Å². The highest BCUT2D eigenvalue weighted by atomic mass is 19.1. The summed E-state index contributed by atoms with van der Waals surface area (Å²) in [5.74, 6) is -0.155. The Morgan fingerprint density at radius 3 is 2.85 bits per heavy atom. The number of rotatable bonds is 2. The number of hydrogen-bond donors (Lipinski definition) is 1. The van der Waals surface area contributed by atoms with Crippen LogP contribution in [0.25, 0.3) is 28.0 Å². The summed E-state index contributed by atoms with van der Waals surface area (Å²) in [6.45, 7) is 3.70. The molecule has 136 valence electrons. The maximum atomic E-state index is 13.3. The van der Waals surface area contributed by atoms with Crippen molar-refractivity contribution >= 4 is 22.4 Å². The van der Waals surface area contributed by atoms with Gasteiger partial charge in [-0.2, -0.15) is 0 Å². The van der Waals surface area contributed by atoms with Crippen LogP contribution in [-0.4, -0.2) is 40.5 Å². The number of benzene rings is 1. The molecule has 0 amide bonds. The lowest BCUT2D eigenvalue weighted by Crippen LogP contribution is -2.43. The number of imidazole rings is 1. The summed E-state index contributed by atoms with van der Waals surface area (Å²) < 4.78 is 20.3. The van der Waals surface area contributed by atoms with Crippen molar-refractivity contribution < 1.29 is 8.81 Å². The third kappa shape index (κ3) is 2.83. The molecule has 0 unspecified atom stereocenters. The number of halogens is 1. The quantitative estimate of drug-likeness (QED) is 0.548. The zero-order valence-corrected chi connectivity index (χ0v) is 14.4. The average molecular weight is 365 g/mol. The molecule has 3 aromatic heterocycles. The lowest BCUT2D eigenvalue weighted by atomic mass is 10.1. The Labute approximate surface area is 153 Å². The summed E-state index contributed by atoms with van der Waals surface area (Å²) in [5.41, 5.74) is 1.81. The van der Waals surface area contributed by atoms with Crippen molar-refractivity contribution in [2.24, 2.45) is 0 Å². The molecule has 1 saturated heterocycles. The maximum Gasteiger partial charge on any atom is 0.345 e.